The number of nitrogens with zero attached hydrogens (tertiary/aromatic N) is 6. The van der Waals surface area contributed by atoms with E-state index >= 15 is 0 Å². The number of benzene rings is 2. The van der Waals surface area contributed by atoms with Crippen molar-refractivity contribution in [2.24, 2.45) is 7.05 Å². The highest BCUT2D eigenvalue weighted by Crippen LogP contribution is 2.38. The van der Waals surface area contributed by atoms with Crippen molar-refractivity contribution in [3.8, 4) is 17.0 Å². The first-order valence-electron chi connectivity index (χ1n) is 13.0. The van der Waals surface area contributed by atoms with Crippen molar-refractivity contribution < 1.29 is 9.53 Å². The van der Waals surface area contributed by atoms with Gasteiger partial charge in [0.05, 0.1) is 41.6 Å². The molecule has 0 spiro atoms. The van der Waals surface area contributed by atoms with Gasteiger partial charge in [0.2, 0.25) is 11.9 Å². The molecule has 0 unspecified atom stereocenters. The maximum Gasteiger partial charge on any atom is 0.247 e. The molecule has 0 atom stereocenters. The third-order valence-electron chi connectivity index (χ3n) is 6.76. The number of anilines is 4. The lowest BCUT2D eigenvalue weighted by Gasteiger charge is -2.27. The van der Waals surface area contributed by atoms with Crippen molar-refractivity contribution in [3.63, 3.8) is 0 Å². The first kappa shape index (κ1) is 27.6. The predicted octanol–water partition coefficient (Wildman–Crippen LogP) is 4.69. The fourth-order valence-corrected chi connectivity index (χ4v) is 4.41. The normalized spacial score (nSPS) is 11.0. The summed E-state index contributed by atoms with van der Waals surface area (Å²) >= 11 is 0. The smallest absolute Gasteiger partial charge is 0.247 e. The van der Waals surface area contributed by atoms with Crippen LogP contribution in [0, 0.1) is 0 Å². The van der Waals surface area contributed by atoms with Crippen molar-refractivity contribution in [2.75, 3.05) is 55.9 Å². The first-order valence-corrected chi connectivity index (χ1v) is 13.0. The lowest BCUT2D eigenvalue weighted by molar-refractivity contribution is -0.111. The van der Waals surface area contributed by atoms with Gasteiger partial charge in [0.1, 0.15) is 5.75 Å². The van der Waals surface area contributed by atoms with E-state index in [0.29, 0.717) is 23.1 Å². The molecule has 0 saturated carbocycles. The first-order chi connectivity index (χ1) is 18.9. The maximum atomic E-state index is 12.3. The Balaban J connectivity index is 1.65. The summed E-state index contributed by atoms with van der Waals surface area (Å²) in [7, 11) is 5.53. The number of carbonyl (C=O) groups excluding carboxylic acids is 1. The monoisotopic (exact) mass is 528 g/mol. The fraction of sp³-hybridized carbons (Fsp3) is 0.310. The Morgan fingerprint density at radius 1 is 1.13 bits per heavy atom. The molecule has 4 rings (SSSR count). The number of carbonyl (C=O) groups is 1. The number of fused-ring (bicyclic) bond motifs is 1. The van der Waals surface area contributed by atoms with Gasteiger partial charge in [0, 0.05) is 50.4 Å². The summed E-state index contributed by atoms with van der Waals surface area (Å²) < 4.78 is 7.57. The van der Waals surface area contributed by atoms with Crippen LogP contribution in [0.2, 0.25) is 0 Å². The number of amides is 1. The van der Waals surface area contributed by atoms with Crippen molar-refractivity contribution in [3.05, 3.63) is 61.4 Å². The third kappa shape index (κ3) is 6.35. The molecule has 2 aromatic carbocycles. The molecule has 39 heavy (non-hydrogen) atoms. The largest absolute Gasteiger partial charge is 0.494 e. The topological polar surface area (TPSA) is 100 Å². The second-order valence-corrected chi connectivity index (χ2v) is 9.14. The standard InChI is InChI=1S/C29H36N8O2/c1-7-28(38)32-23-17-24(27(39-6)18-26(23)35(4)14-15-37(8-2)9-3)34-29-30-13-12-22(33-29)20-10-11-25-21(16-20)19-31-36(25)5/h7,10-13,16-19H,1,8-9,14-15H2,2-6H3,(H,32,38)(H,30,33,34). The number of nitrogens with one attached hydrogen (secondary N) is 2. The summed E-state index contributed by atoms with van der Waals surface area (Å²) in [6.45, 7) is 11.5. The Hall–Kier alpha value is -4.44. The Kier molecular flexibility index (Phi) is 8.77. The van der Waals surface area contributed by atoms with Gasteiger partial charge in [0.25, 0.3) is 0 Å². The van der Waals surface area contributed by atoms with Crippen molar-refractivity contribution in [1.82, 2.24) is 24.6 Å². The zero-order valence-corrected chi connectivity index (χ0v) is 23.2. The van der Waals surface area contributed by atoms with Crippen LogP contribution in [0.25, 0.3) is 22.2 Å². The highest BCUT2D eigenvalue weighted by Gasteiger charge is 2.17. The molecule has 0 bridgehead atoms. The predicted molar refractivity (Wildman–Crippen MR) is 158 cm³/mol. The number of aromatic nitrogens is 4. The van der Waals surface area contributed by atoms with Crippen LogP contribution in [0.5, 0.6) is 5.75 Å². The van der Waals surface area contributed by atoms with Crippen LogP contribution in [0.4, 0.5) is 23.0 Å². The second-order valence-electron chi connectivity index (χ2n) is 9.14. The van der Waals surface area contributed by atoms with E-state index < -0.39 is 0 Å². The van der Waals surface area contributed by atoms with E-state index in [2.05, 4.69) is 57.0 Å². The van der Waals surface area contributed by atoms with E-state index in [0.717, 1.165) is 54.0 Å². The lowest BCUT2D eigenvalue weighted by Crippen LogP contribution is -2.33. The highest BCUT2D eigenvalue weighted by atomic mass is 16.5. The van der Waals surface area contributed by atoms with Crippen molar-refractivity contribution in [1.29, 1.82) is 0 Å². The molecule has 10 nitrogen and oxygen atoms in total. The molecule has 0 saturated heterocycles. The van der Waals surface area contributed by atoms with Crippen LogP contribution in [-0.4, -0.2) is 70.9 Å². The molecule has 2 aromatic heterocycles. The summed E-state index contributed by atoms with van der Waals surface area (Å²) in [5.41, 5.74) is 4.86. The molecule has 0 fully saturated rings. The van der Waals surface area contributed by atoms with Crippen molar-refractivity contribution >= 4 is 39.8 Å². The Bertz CT molecular complexity index is 1460. The van der Waals surface area contributed by atoms with E-state index in [1.807, 2.05) is 55.3 Å². The van der Waals surface area contributed by atoms with Gasteiger partial charge in [-0.15, -0.1) is 0 Å². The number of methoxy groups -OCH3 is 1. The van der Waals surface area contributed by atoms with Crippen LogP contribution in [-0.2, 0) is 11.8 Å². The Labute approximate surface area is 229 Å². The zero-order valence-electron chi connectivity index (χ0n) is 23.2. The number of rotatable bonds is 12. The van der Waals surface area contributed by atoms with Crippen LogP contribution < -0.4 is 20.3 Å². The minimum atomic E-state index is -0.298. The molecular formula is C29H36N8O2. The number of ether oxygens (including phenoxy) is 1. The summed E-state index contributed by atoms with van der Waals surface area (Å²) in [4.78, 5) is 25.9. The van der Waals surface area contributed by atoms with E-state index in [4.69, 9.17) is 9.72 Å². The van der Waals surface area contributed by atoms with E-state index in [9.17, 15) is 4.79 Å². The van der Waals surface area contributed by atoms with Gasteiger partial charge in [-0.25, -0.2) is 9.97 Å². The van der Waals surface area contributed by atoms with Crippen LogP contribution in [0.3, 0.4) is 0 Å². The average Bonchev–Trinajstić information content (AvgIpc) is 3.33. The van der Waals surface area contributed by atoms with E-state index in [1.165, 1.54) is 6.08 Å². The molecule has 0 aliphatic rings. The van der Waals surface area contributed by atoms with Gasteiger partial charge in [-0.05, 0) is 43.4 Å². The maximum absolute atomic E-state index is 12.3. The van der Waals surface area contributed by atoms with Crippen LogP contribution >= 0.6 is 0 Å². The Morgan fingerprint density at radius 3 is 2.64 bits per heavy atom. The molecule has 4 aromatic rings. The minimum absolute atomic E-state index is 0.298. The number of aryl methyl sites for hydroxylation is 1. The van der Waals surface area contributed by atoms with E-state index in [-0.39, 0.29) is 5.91 Å². The molecule has 0 aliphatic heterocycles. The van der Waals surface area contributed by atoms with Gasteiger partial charge in [-0.1, -0.05) is 26.5 Å². The molecule has 10 heteroatoms. The number of hydrogen-bond donors (Lipinski definition) is 2. The van der Waals surface area contributed by atoms with Gasteiger partial charge in [-0.3, -0.25) is 9.48 Å². The number of hydrogen-bond acceptors (Lipinski definition) is 8. The molecule has 1 amide bonds. The van der Waals surface area contributed by atoms with Gasteiger partial charge in [0.15, 0.2) is 0 Å². The summed E-state index contributed by atoms with van der Waals surface area (Å²) in [5, 5.41) is 11.6. The molecule has 2 heterocycles. The van der Waals surface area contributed by atoms with Gasteiger partial charge >= 0.3 is 0 Å². The molecule has 204 valence electrons. The quantitative estimate of drug-likeness (QED) is 0.256. The number of likely N-dealkylation sites (N-methyl/N-ethyl adjacent to an activating group) is 2. The van der Waals surface area contributed by atoms with Crippen LogP contribution in [0.1, 0.15) is 13.8 Å². The lowest BCUT2D eigenvalue weighted by atomic mass is 10.1. The molecule has 0 aliphatic carbocycles. The highest BCUT2D eigenvalue weighted by molar-refractivity contribution is 6.02. The SMILES string of the molecule is C=CC(=O)Nc1cc(Nc2nccc(-c3ccc4c(cnn4C)c3)n2)c(OC)cc1N(C)CCN(CC)CC. The molecule has 2 N–H and O–H groups in total. The summed E-state index contributed by atoms with van der Waals surface area (Å²) in [6, 6.07) is 11.7. The van der Waals surface area contributed by atoms with Crippen molar-refractivity contribution in [2.45, 2.75) is 13.8 Å². The third-order valence-corrected chi connectivity index (χ3v) is 6.76. The van der Waals surface area contributed by atoms with Gasteiger partial charge < -0.3 is 25.2 Å². The average molecular weight is 529 g/mol. The Morgan fingerprint density at radius 2 is 1.92 bits per heavy atom. The second kappa shape index (κ2) is 12.4. The zero-order chi connectivity index (χ0) is 27.9. The van der Waals surface area contributed by atoms with E-state index in [1.54, 1.807) is 13.3 Å². The molecule has 0 radical (unpaired) electrons. The molecular weight excluding hydrogens is 492 g/mol. The summed E-state index contributed by atoms with van der Waals surface area (Å²) in [5.74, 6) is 0.705. The van der Waals surface area contributed by atoms with Gasteiger partial charge in [-0.2, -0.15) is 5.10 Å². The summed E-state index contributed by atoms with van der Waals surface area (Å²) in [6.07, 6.45) is 4.80. The minimum Gasteiger partial charge on any atom is -0.494 e. The van der Waals surface area contributed by atoms with Crippen LogP contribution in [0.15, 0.2) is 61.4 Å². The fourth-order valence-electron chi connectivity index (χ4n) is 4.41.